The Morgan fingerprint density at radius 1 is 1.48 bits per heavy atom. The summed E-state index contributed by atoms with van der Waals surface area (Å²) in [5.41, 5.74) is -0.406. The summed E-state index contributed by atoms with van der Waals surface area (Å²) < 4.78 is 14.4. The van der Waals surface area contributed by atoms with Crippen LogP contribution in [-0.2, 0) is 5.67 Å². The van der Waals surface area contributed by atoms with Gasteiger partial charge in [-0.1, -0.05) is 12.1 Å². The average Bonchev–Trinajstić information content (AvgIpc) is 2.99. The Morgan fingerprint density at radius 3 is 2.90 bits per heavy atom. The molecule has 1 aromatic carbocycles. The Hall–Kier alpha value is -2.28. The highest BCUT2D eigenvalue weighted by Gasteiger charge is 2.39. The van der Waals surface area contributed by atoms with Gasteiger partial charge in [0.15, 0.2) is 5.67 Å². The summed E-state index contributed by atoms with van der Waals surface area (Å²) in [6, 6.07) is 6.37. The number of hydrogen-bond donors (Lipinski definition) is 3. The summed E-state index contributed by atoms with van der Waals surface area (Å²) in [5, 5.41) is 12.2. The van der Waals surface area contributed by atoms with Crippen molar-refractivity contribution in [3.8, 4) is 0 Å². The van der Waals surface area contributed by atoms with E-state index in [2.05, 4.69) is 25.8 Å². The summed E-state index contributed by atoms with van der Waals surface area (Å²) in [7, 11) is 0. The molecular weight excluding hydrogens is 273 g/mol. The number of carbonyl (C=O) groups excluding carboxylic acids is 1. The molecule has 0 aliphatic carbocycles. The van der Waals surface area contributed by atoms with Gasteiger partial charge in [0.1, 0.15) is 12.2 Å². The molecule has 1 unspecified atom stereocenters. The highest BCUT2D eigenvalue weighted by molar-refractivity contribution is 5.94. The van der Waals surface area contributed by atoms with Crippen molar-refractivity contribution in [2.75, 3.05) is 13.1 Å². The number of hydrogen-bond acceptors (Lipinski definition) is 4. The molecule has 7 heteroatoms. The number of rotatable bonds is 4. The molecule has 1 aliphatic heterocycles. The summed E-state index contributed by atoms with van der Waals surface area (Å²) in [6.07, 6.45) is 1.38. The van der Waals surface area contributed by atoms with E-state index in [0.29, 0.717) is 17.0 Å². The summed E-state index contributed by atoms with van der Waals surface area (Å²) >= 11 is 0. The van der Waals surface area contributed by atoms with E-state index in [1.807, 2.05) is 0 Å². The van der Waals surface area contributed by atoms with Crippen LogP contribution in [0.4, 0.5) is 4.39 Å². The average molecular weight is 289 g/mol. The lowest BCUT2D eigenvalue weighted by Crippen LogP contribution is -2.53. The molecular formula is C14H16FN5O. The van der Waals surface area contributed by atoms with E-state index in [1.165, 1.54) is 6.33 Å². The van der Waals surface area contributed by atoms with Crippen LogP contribution in [0.1, 0.15) is 34.7 Å². The quantitative estimate of drug-likeness (QED) is 0.786. The number of amides is 1. The number of alkyl halides is 1. The van der Waals surface area contributed by atoms with Gasteiger partial charge < -0.3 is 10.6 Å². The lowest BCUT2D eigenvalue weighted by Gasteiger charge is -2.35. The minimum atomic E-state index is -1.37. The van der Waals surface area contributed by atoms with E-state index in [9.17, 15) is 9.18 Å². The zero-order valence-corrected chi connectivity index (χ0v) is 11.6. The number of halogens is 1. The fourth-order valence-electron chi connectivity index (χ4n) is 2.26. The molecule has 2 aromatic rings. The standard InChI is InChI=1S/C14H16FN5O/c1-9(12-17-8-18-20-12)19-13(21)10-3-2-4-11(5-10)14(15)6-16-7-14/h2-5,8-9,16H,6-7H2,1H3,(H,19,21)(H,17,18,20). The van der Waals surface area contributed by atoms with Crippen molar-refractivity contribution in [3.63, 3.8) is 0 Å². The largest absolute Gasteiger partial charge is 0.342 e. The van der Waals surface area contributed by atoms with Crippen LogP contribution < -0.4 is 10.6 Å². The first-order valence-corrected chi connectivity index (χ1v) is 6.75. The van der Waals surface area contributed by atoms with Crippen molar-refractivity contribution in [2.45, 2.75) is 18.6 Å². The highest BCUT2D eigenvalue weighted by atomic mass is 19.1. The van der Waals surface area contributed by atoms with Crippen LogP contribution in [0.5, 0.6) is 0 Å². The van der Waals surface area contributed by atoms with Crippen molar-refractivity contribution >= 4 is 5.91 Å². The van der Waals surface area contributed by atoms with Gasteiger partial charge in [-0.05, 0) is 24.6 Å². The molecule has 3 rings (SSSR count). The van der Waals surface area contributed by atoms with Crippen LogP contribution in [0.25, 0.3) is 0 Å². The predicted molar refractivity (Wildman–Crippen MR) is 74.4 cm³/mol. The van der Waals surface area contributed by atoms with Crippen LogP contribution in [0.2, 0.25) is 0 Å². The van der Waals surface area contributed by atoms with Crippen LogP contribution in [0.15, 0.2) is 30.6 Å². The summed E-state index contributed by atoms with van der Waals surface area (Å²) in [5.74, 6) is 0.307. The third-order valence-corrected chi connectivity index (χ3v) is 3.64. The molecule has 0 spiro atoms. The van der Waals surface area contributed by atoms with Crippen molar-refractivity contribution in [1.29, 1.82) is 0 Å². The minimum absolute atomic E-state index is 0.267. The van der Waals surface area contributed by atoms with Gasteiger partial charge in [0, 0.05) is 18.7 Å². The van der Waals surface area contributed by atoms with Gasteiger partial charge in [0.25, 0.3) is 5.91 Å². The minimum Gasteiger partial charge on any atom is -0.342 e. The van der Waals surface area contributed by atoms with E-state index in [4.69, 9.17) is 0 Å². The van der Waals surface area contributed by atoms with Gasteiger partial charge in [-0.25, -0.2) is 9.37 Å². The van der Waals surface area contributed by atoms with Crippen molar-refractivity contribution in [1.82, 2.24) is 25.8 Å². The molecule has 110 valence electrons. The number of nitrogens with zero attached hydrogens (tertiary/aromatic N) is 2. The second-order valence-corrected chi connectivity index (χ2v) is 5.22. The molecule has 0 saturated carbocycles. The summed E-state index contributed by atoms with van der Waals surface area (Å²) in [4.78, 5) is 16.2. The van der Waals surface area contributed by atoms with Crippen LogP contribution in [-0.4, -0.2) is 34.2 Å². The second kappa shape index (κ2) is 5.25. The molecule has 1 saturated heterocycles. The first-order chi connectivity index (χ1) is 10.1. The SMILES string of the molecule is CC(NC(=O)c1cccc(C2(F)CNC2)c1)c1ncn[nH]1. The molecule has 21 heavy (non-hydrogen) atoms. The number of aromatic nitrogens is 3. The van der Waals surface area contributed by atoms with Gasteiger partial charge in [0.2, 0.25) is 0 Å². The molecule has 1 aliphatic rings. The van der Waals surface area contributed by atoms with E-state index in [1.54, 1.807) is 31.2 Å². The monoisotopic (exact) mass is 289 g/mol. The first kappa shape index (κ1) is 13.7. The Kier molecular flexibility index (Phi) is 3.42. The number of benzene rings is 1. The van der Waals surface area contributed by atoms with Gasteiger partial charge >= 0.3 is 0 Å². The zero-order valence-electron chi connectivity index (χ0n) is 11.6. The fourth-order valence-corrected chi connectivity index (χ4v) is 2.26. The molecule has 2 heterocycles. The second-order valence-electron chi connectivity index (χ2n) is 5.22. The molecule has 0 bridgehead atoms. The lowest BCUT2D eigenvalue weighted by molar-refractivity contribution is 0.0884. The number of H-pyrrole nitrogens is 1. The maximum atomic E-state index is 14.4. The van der Waals surface area contributed by atoms with E-state index >= 15 is 0 Å². The Balaban J connectivity index is 1.74. The Labute approximate surface area is 121 Å². The van der Waals surface area contributed by atoms with Crippen LogP contribution in [0.3, 0.4) is 0 Å². The topological polar surface area (TPSA) is 82.7 Å². The number of carbonyl (C=O) groups is 1. The summed E-state index contributed by atoms with van der Waals surface area (Å²) in [6.45, 7) is 2.37. The lowest BCUT2D eigenvalue weighted by atomic mass is 9.89. The maximum Gasteiger partial charge on any atom is 0.251 e. The molecule has 0 radical (unpaired) electrons. The third-order valence-electron chi connectivity index (χ3n) is 3.64. The van der Waals surface area contributed by atoms with E-state index < -0.39 is 5.67 Å². The predicted octanol–water partition coefficient (Wildman–Crippen LogP) is 1.06. The van der Waals surface area contributed by atoms with E-state index in [0.717, 1.165) is 0 Å². The Morgan fingerprint density at radius 2 is 2.29 bits per heavy atom. The van der Waals surface area contributed by atoms with Crippen molar-refractivity contribution < 1.29 is 9.18 Å². The number of aromatic amines is 1. The van der Waals surface area contributed by atoms with Gasteiger partial charge in [-0.15, -0.1) is 0 Å². The molecule has 6 nitrogen and oxygen atoms in total. The van der Waals surface area contributed by atoms with Gasteiger partial charge in [-0.2, -0.15) is 5.10 Å². The molecule has 1 aromatic heterocycles. The van der Waals surface area contributed by atoms with Crippen molar-refractivity contribution in [2.24, 2.45) is 0 Å². The third kappa shape index (κ3) is 2.64. The highest BCUT2D eigenvalue weighted by Crippen LogP contribution is 2.30. The maximum absolute atomic E-state index is 14.4. The van der Waals surface area contributed by atoms with Gasteiger partial charge in [-0.3, -0.25) is 9.89 Å². The normalized spacial score (nSPS) is 17.8. The fraction of sp³-hybridized carbons (Fsp3) is 0.357. The molecule has 1 fully saturated rings. The smallest absolute Gasteiger partial charge is 0.251 e. The van der Waals surface area contributed by atoms with Gasteiger partial charge in [0.05, 0.1) is 6.04 Å². The zero-order chi connectivity index (χ0) is 14.9. The molecule has 3 N–H and O–H groups in total. The first-order valence-electron chi connectivity index (χ1n) is 6.75. The van der Waals surface area contributed by atoms with Crippen LogP contribution in [0, 0.1) is 0 Å². The van der Waals surface area contributed by atoms with Crippen molar-refractivity contribution in [3.05, 3.63) is 47.5 Å². The molecule has 1 amide bonds. The Bertz CT molecular complexity index is 639. The molecule has 1 atom stereocenters. The van der Waals surface area contributed by atoms with Crippen LogP contribution >= 0.6 is 0 Å². The number of nitrogens with one attached hydrogen (secondary N) is 3. The van der Waals surface area contributed by atoms with E-state index in [-0.39, 0.29) is 25.0 Å².